The van der Waals surface area contributed by atoms with Crippen LogP contribution in [0.5, 0.6) is 0 Å². The topological polar surface area (TPSA) is 74.8 Å². The maximum atomic E-state index is 12.6. The Kier molecular flexibility index (Phi) is 5.53. The highest BCUT2D eigenvalue weighted by atomic mass is 32.2. The third-order valence-electron chi connectivity index (χ3n) is 4.67. The van der Waals surface area contributed by atoms with Crippen LogP contribution in [-0.4, -0.2) is 27.2 Å². The van der Waals surface area contributed by atoms with Crippen LogP contribution >= 0.6 is 23.1 Å². The summed E-state index contributed by atoms with van der Waals surface area (Å²) in [5, 5.41) is 3.96. The molecule has 2 N–H and O–H groups in total. The van der Waals surface area contributed by atoms with Crippen LogP contribution in [0.2, 0.25) is 0 Å². The molecule has 2 heterocycles. The van der Waals surface area contributed by atoms with Gasteiger partial charge in [-0.3, -0.25) is 9.59 Å². The number of nitrogens with one attached hydrogen (secondary N) is 2. The molecule has 0 unspecified atom stereocenters. The lowest BCUT2D eigenvalue weighted by molar-refractivity contribution is -0.120. The van der Waals surface area contributed by atoms with Crippen LogP contribution in [0.15, 0.2) is 9.95 Å². The van der Waals surface area contributed by atoms with E-state index in [1.165, 1.54) is 11.8 Å². The van der Waals surface area contributed by atoms with Gasteiger partial charge in [0.15, 0.2) is 5.16 Å². The predicted molar refractivity (Wildman–Crippen MR) is 105 cm³/mol. The lowest BCUT2D eigenvalue weighted by Gasteiger charge is -2.11. The Balaban J connectivity index is 1.84. The fourth-order valence-corrected chi connectivity index (χ4v) is 4.63. The summed E-state index contributed by atoms with van der Waals surface area (Å²) in [6, 6.07) is 0.341. The van der Waals surface area contributed by atoms with Crippen molar-refractivity contribution in [2.75, 3.05) is 0 Å². The second kappa shape index (κ2) is 7.50. The third kappa shape index (κ3) is 4.26. The Bertz CT molecular complexity index is 839. The number of thiophene rings is 1. The number of rotatable bonds is 7. The number of thioether (sulfide) groups is 1. The summed E-state index contributed by atoms with van der Waals surface area (Å²) in [5.41, 5.74) is 1.03. The van der Waals surface area contributed by atoms with E-state index in [0.717, 1.165) is 46.3 Å². The quantitative estimate of drug-likeness (QED) is 0.569. The van der Waals surface area contributed by atoms with Gasteiger partial charge in [-0.1, -0.05) is 32.0 Å². The minimum absolute atomic E-state index is 0.00932. The van der Waals surface area contributed by atoms with E-state index in [1.54, 1.807) is 11.3 Å². The highest BCUT2D eigenvalue weighted by molar-refractivity contribution is 8.00. The van der Waals surface area contributed by atoms with Gasteiger partial charge in [0.25, 0.3) is 5.56 Å². The van der Waals surface area contributed by atoms with Gasteiger partial charge in [0.1, 0.15) is 4.83 Å². The van der Waals surface area contributed by atoms with E-state index in [-0.39, 0.29) is 16.7 Å². The average molecular weight is 380 g/mol. The van der Waals surface area contributed by atoms with E-state index in [0.29, 0.717) is 17.1 Å². The van der Waals surface area contributed by atoms with Gasteiger partial charge in [0.2, 0.25) is 5.91 Å². The SMILES string of the molecule is CC[C@H](C)Cc1c(C)sc2nc(S[C@H](C)C(=O)NC3CC3)[nH]c(=O)c12. The second-order valence-electron chi connectivity index (χ2n) is 6.95. The van der Waals surface area contributed by atoms with E-state index in [9.17, 15) is 9.59 Å². The van der Waals surface area contributed by atoms with Crippen molar-refractivity contribution in [2.45, 2.75) is 69.8 Å². The monoisotopic (exact) mass is 379 g/mol. The van der Waals surface area contributed by atoms with Gasteiger partial charge in [0.05, 0.1) is 10.6 Å². The van der Waals surface area contributed by atoms with Crippen molar-refractivity contribution in [1.82, 2.24) is 15.3 Å². The van der Waals surface area contributed by atoms with Crippen molar-refractivity contribution in [1.29, 1.82) is 0 Å². The van der Waals surface area contributed by atoms with Crippen LogP contribution in [0, 0.1) is 12.8 Å². The first-order valence-electron chi connectivity index (χ1n) is 8.88. The lowest BCUT2D eigenvalue weighted by atomic mass is 9.98. The fourth-order valence-electron chi connectivity index (χ4n) is 2.72. The van der Waals surface area contributed by atoms with Crippen LogP contribution in [0.1, 0.15) is 50.5 Å². The molecule has 3 rings (SSSR count). The number of carbonyl (C=O) groups is 1. The summed E-state index contributed by atoms with van der Waals surface area (Å²) in [6.45, 7) is 8.28. The van der Waals surface area contributed by atoms with Crippen molar-refractivity contribution in [3.63, 3.8) is 0 Å². The number of aromatic amines is 1. The van der Waals surface area contributed by atoms with Crippen molar-refractivity contribution in [3.05, 3.63) is 20.8 Å². The molecule has 2 aromatic rings. The third-order valence-corrected chi connectivity index (χ3v) is 6.70. The standard InChI is InChI=1S/C18H25N3O2S2/c1-5-9(2)8-13-10(3)24-17-14(13)16(23)20-18(21-17)25-11(4)15(22)19-12-6-7-12/h9,11-12H,5-8H2,1-4H3,(H,19,22)(H,20,21,23)/t9-,11+/m0/s1. The maximum Gasteiger partial charge on any atom is 0.260 e. The number of aryl methyl sites for hydroxylation is 1. The molecule has 0 aromatic carbocycles. The molecule has 1 amide bonds. The summed E-state index contributed by atoms with van der Waals surface area (Å²) >= 11 is 2.88. The number of aromatic nitrogens is 2. The zero-order chi connectivity index (χ0) is 18.1. The minimum atomic E-state index is -0.276. The Morgan fingerprint density at radius 3 is 2.80 bits per heavy atom. The van der Waals surface area contributed by atoms with Gasteiger partial charge in [-0.2, -0.15) is 0 Å². The molecule has 0 aliphatic heterocycles. The molecule has 7 heteroatoms. The number of nitrogens with zero attached hydrogens (tertiary/aromatic N) is 1. The van der Waals surface area contributed by atoms with E-state index < -0.39 is 0 Å². The second-order valence-corrected chi connectivity index (χ2v) is 9.48. The summed E-state index contributed by atoms with van der Waals surface area (Å²) < 4.78 is 0. The average Bonchev–Trinajstić information content (AvgIpc) is 3.31. The molecule has 0 spiro atoms. The maximum absolute atomic E-state index is 12.6. The van der Waals surface area contributed by atoms with Gasteiger partial charge in [-0.25, -0.2) is 4.98 Å². The number of hydrogen-bond acceptors (Lipinski definition) is 5. The molecule has 0 bridgehead atoms. The molecule has 1 fully saturated rings. The van der Waals surface area contributed by atoms with Gasteiger partial charge in [-0.15, -0.1) is 11.3 Å². The van der Waals surface area contributed by atoms with Crippen LogP contribution < -0.4 is 10.9 Å². The molecule has 1 aliphatic carbocycles. The van der Waals surface area contributed by atoms with Crippen molar-refractivity contribution >= 4 is 39.2 Å². The molecular weight excluding hydrogens is 354 g/mol. The van der Waals surface area contributed by atoms with E-state index in [2.05, 4.69) is 36.1 Å². The molecule has 0 radical (unpaired) electrons. The fraction of sp³-hybridized carbons (Fsp3) is 0.611. The molecular formula is C18H25N3O2S2. The molecule has 0 saturated heterocycles. The number of hydrogen-bond donors (Lipinski definition) is 2. The molecule has 1 aliphatic rings. The molecule has 2 atom stereocenters. The first kappa shape index (κ1) is 18.5. The number of fused-ring (bicyclic) bond motifs is 1. The van der Waals surface area contributed by atoms with Gasteiger partial charge >= 0.3 is 0 Å². The van der Waals surface area contributed by atoms with Crippen molar-refractivity contribution in [2.24, 2.45) is 5.92 Å². The molecule has 2 aromatic heterocycles. The van der Waals surface area contributed by atoms with Gasteiger partial charge in [-0.05, 0) is 44.6 Å². The van der Waals surface area contributed by atoms with E-state index in [1.807, 2.05) is 6.92 Å². The Labute approximate surface area is 156 Å². The highest BCUT2D eigenvalue weighted by Crippen LogP contribution is 2.31. The minimum Gasteiger partial charge on any atom is -0.352 e. The predicted octanol–water partition coefficient (Wildman–Crippen LogP) is 3.64. The molecule has 136 valence electrons. The number of carbonyl (C=O) groups excluding carboxylic acids is 1. The van der Waals surface area contributed by atoms with E-state index >= 15 is 0 Å². The van der Waals surface area contributed by atoms with Crippen molar-refractivity contribution < 1.29 is 4.79 Å². The zero-order valence-corrected chi connectivity index (χ0v) is 16.8. The Hall–Kier alpha value is -1.34. The highest BCUT2D eigenvalue weighted by Gasteiger charge is 2.26. The number of amides is 1. The van der Waals surface area contributed by atoms with Crippen LogP contribution in [0.3, 0.4) is 0 Å². The summed E-state index contributed by atoms with van der Waals surface area (Å²) in [5.74, 6) is 0.547. The van der Waals surface area contributed by atoms with Gasteiger partial charge in [0, 0.05) is 10.9 Å². The smallest absolute Gasteiger partial charge is 0.260 e. The first-order valence-corrected chi connectivity index (χ1v) is 10.6. The van der Waals surface area contributed by atoms with Crippen LogP contribution in [0.25, 0.3) is 10.2 Å². The number of H-pyrrole nitrogens is 1. The Morgan fingerprint density at radius 2 is 2.16 bits per heavy atom. The largest absolute Gasteiger partial charge is 0.352 e. The summed E-state index contributed by atoms with van der Waals surface area (Å²) in [4.78, 5) is 34.2. The summed E-state index contributed by atoms with van der Waals surface area (Å²) in [6.07, 6.45) is 4.12. The summed E-state index contributed by atoms with van der Waals surface area (Å²) in [7, 11) is 0. The molecule has 5 nitrogen and oxygen atoms in total. The van der Waals surface area contributed by atoms with Crippen LogP contribution in [0.4, 0.5) is 0 Å². The molecule has 25 heavy (non-hydrogen) atoms. The molecule has 1 saturated carbocycles. The first-order chi connectivity index (χ1) is 11.9. The zero-order valence-electron chi connectivity index (χ0n) is 15.1. The van der Waals surface area contributed by atoms with E-state index in [4.69, 9.17) is 0 Å². The lowest BCUT2D eigenvalue weighted by Crippen LogP contribution is -2.32. The van der Waals surface area contributed by atoms with Gasteiger partial charge < -0.3 is 10.3 Å². The van der Waals surface area contributed by atoms with Crippen molar-refractivity contribution in [3.8, 4) is 0 Å². The normalized spacial score (nSPS) is 16.8. The Morgan fingerprint density at radius 1 is 1.44 bits per heavy atom. The van der Waals surface area contributed by atoms with Crippen LogP contribution in [-0.2, 0) is 11.2 Å².